The van der Waals surface area contributed by atoms with Crippen molar-refractivity contribution in [1.82, 2.24) is 10.2 Å². The Hall–Kier alpha value is -0.100. The van der Waals surface area contributed by atoms with Crippen LogP contribution in [0.25, 0.3) is 0 Å². The van der Waals surface area contributed by atoms with E-state index in [0.717, 1.165) is 35.3 Å². The van der Waals surface area contributed by atoms with E-state index in [9.17, 15) is 4.79 Å². The van der Waals surface area contributed by atoms with E-state index in [0.29, 0.717) is 6.04 Å². The van der Waals surface area contributed by atoms with E-state index in [4.69, 9.17) is 0 Å². The third kappa shape index (κ3) is 3.44. The van der Waals surface area contributed by atoms with Crippen LogP contribution in [0.1, 0.15) is 22.5 Å². The van der Waals surface area contributed by atoms with Crippen LogP contribution in [-0.2, 0) is 0 Å². The molecule has 3 nitrogen and oxygen atoms in total. The third-order valence-corrected chi connectivity index (χ3v) is 4.83. The summed E-state index contributed by atoms with van der Waals surface area (Å²) in [5.74, 6) is 0.163. The molecule has 1 saturated heterocycles. The number of thiophene rings is 1. The van der Waals surface area contributed by atoms with Gasteiger partial charge in [0.2, 0.25) is 0 Å². The summed E-state index contributed by atoms with van der Waals surface area (Å²) in [6, 6.07) is 2.49. The molecule has 1 amide bonds. The zero-order valence-electron chi connectivity index (χ0n) is 9.61. The quantitative estimate of drug-likeness (QED) is 0.898. The van der Waals surface area contributed by atoms with Crippen molar-refractivity contribution in [3.8, 4) is 0 Å². The van der Waals surface area contributed by atoms with Gasteiger partial charge in [0, 0.05) is 23.6 Å². The van der Waals surface area contributed by atoms with Crippen molar-refractivity contribution in [3.63, 3.8) is 0 Å². The van der Waals surface area contributed by atoms with E-state index in [1.807, 2.05) is 23.4 Å². The lowest BCUT2D eigenvalue weighted by Gasteiger charge is -2.31. The molecule has 96 valence electrons. The summed E-state index contributed by atoms with van der Waals surface area (Å²) in [4.78, 5) is 14.9. The molecule has 2 rings (SSSR count). The Morgan fingerprint density at radius 3 is 2.65 bits per heavy atom. The Morgan fingerprint density at radius 2 is 2.18 bits per heavy atom. The smallest absolute Gasteiger partial charge is 0.265 e. The summed E-state index contributed by atoms with van der Waals surface area (Å²) >= 11 is 4.91. The molecule has 0 unspecified atom stereocenters. The maximum atomic E-state index is 12.2. The molecule has 0 spiro atoms. The summed E-state index contributed by atoms with van der Waals surface area (Å²) in [7, 11) is 1.98. The van der Waals surface area contributed by atoms with Gasteiger partial charge in [-0.1, -0.05) is 0 Å². The predicted octanol–water partition coefficient (Wildman–Crippen LogP) is 2.76. The first-order valence-electron chi connectivity index (χ1n) is 5.42. The Bertz CT molecular complexity index is 377. The van der Waals surface area contributed by atoms with Gasteiger partial charge in [0.15, 0.2) is 0 Å². The first-order valence-corrected chi connectivity index (χ1v) is 7.09. The minimum absolute atomic E-state index is 0. The fourth-order valence-corrected chi connectivity index (χ4v) is 3.47. The highest BCUT2D eigenvalue weighted by atomic mass is 79.9. The number of nitrogens with zero attached hydrogens (tertiary/aromatic N) is 1. The summed E-state index contributed by atoms with van der Waals surface area (Å²) in [6.07, 6.45) is 2.09. The van der Waals surface area contributed by atoms with Gasteiger partial charge in [-0.2, -0.15) is 0 Å². The fraction of sp³-hybridized carbons (Fsp3) is 0.545. The number of nitrogens with one attached hydrogen (secondary N) is 1. The van der Waals surface area contributed by atoms with Gasteiger partial charge >= 0.3 is 0 Å². The number of likely N-dealkylation sites (tertiary alicyclic amines) is 1. The van der Waals surface area contributed by atoms with Crippen LogP contribution in [0.4, 0.5) is 0 Å². The van der Waals surface area contributed by atoms with Gasteiger partial charge in [-0.15, -0.1) is 23.7 Å². The van der Waals surface area contributed by atoms with Gasteiger partial charge in [-0.25, -0.2) is 0 Å². The van der Waals surface area contributed by atoms with Crippen molar-refractivity contribution >= 4 is 45.6 Å². The highest BCUT2D eigenvalue weighted by molar-refractivity contribution is 9.10. The minimum Gasteiger partial charge on any atom is -0.338 e. The molecule has 0 saturated carbocycles. The Balaban J connectivity index is 0.00000144. The van der Waals surface area contributed by atoms with E-state index in [1.54, 1.807) is 0 Å². The third-order valence-electron chi connectivity index (χ3n) is 3.00. The van der Waals surface area contributed by atoms with Gasteiger partial charge in [-0.05, 0) is 47.3 Å². The van der Waals surface area contributed by atoms with E-state index in [2.05, 4.69) is 21.2 Å². The van der Waals surface area contributed by atoms with E-state index in [1.165, 1.54) is 11.3 Å². The highest BCUT2D eigenvalue weighted by Crippen LogP contribution is 2.25. The highest BCUT2D eigenvalue weighted by Gasteiger charge is 2.24. The molecule has 1 N–H and O–H groups in total. The monoisotopic (exact) mass is 338 g/mol. The molecular formula is C11H16BrClN2OS. The fourth-order valence-electron chi connectivity index (χ4n) is 1.96. The lowest BCUT2D eigenvalue weighted by atomic mass is 10.1. The van der Waals surface area contributed by atoms with Crippen LogP contribution in [0.5, 0.6) is 0 Å². The van der Waals surface area contributed by atoms with Crippen LogP contribution in [0, 0.1) is 0 Å². The van der Waals surface area contributed by atoms with E-state index < -0.39 is 0 Å². The van der Waals surface area contributed by atoms with Crippen LogP contribution < -0.4 is 5.32 Å². The number of carbonyl (C=O) groups excluding carboxylic acids is 1. The average Bonchev–Trinajstić information content (AvgIpc) is 2.75. The van der Waals surface area contributed by atoms with Crippen molar-refractivity contribution in [3.05, 3.63) is 20.8 Å². The van der Waals surface area contributed by atoms with Crippen LogP contribution in [-0.4, -0.2) is 37.0 Å². The lowest BCUT2D eigenvalue weighted by Crippen LogP contribution is -2.43. The van der Waals surface area contributed by atoms with Crippen molar-refractivity contribution in [2.45, 2.75) is 18.9 Å². The van der Waals surface area contributed by atoms with Crippen molar-refractivity contribution < 1.29 is 4.79 Å². The van der Waals surface area contributed by atoms with Crippen molar-refractivity contribution in [2.24, 2.45) is 0 Å². The van der Waals surface area contributed by atoms with Crippen LogP contribution in [0.15, 0.2) is 15.9 Å². The van der Waals surface area contributed by atoms with Crippen LogP contribution in [0.2, 0.25) is 0 Å². The molecule has 0 bridgehead atoms. The topological polar surface area (TPSA) is 32.3 Å². The number of piperidine rings is 1. The molecule has 1 aromatic heterocycles. The van der Waals surface area contributed by atoms with Crippen LogP contribution in [0.3, 0.4) is 0 Å². The molecular weight excluding hydrogens is 324 g/mol. The van der Waals surface area contributed by atoms with Gasteiger partial charge in [0.25, 0.3) is 5.91 Å². The molecule has 0 radical (unpaired) electrons. The molecule has 1 aromatic rings. The van der Waals surface area contributed by atoms with Crippen molar-refractivity contribution in [2.75, 3.05) is 20.1 Å². The second-order valence-electron chi connectivity index (χ2n) is 3.95. The molecule has 6 heteroatoms. The average molecular weight is 340 g/mol. The number of hydrogen-bond donors (Lipinski definition) is 1. The number of halogens is 2. The number of amides is 1. The maximum absolute atomic E-state index is 12.2. The second kappa shape index (κ2) is 6.73. The molecule has 1 aliphatic heterocycles. The number of carbonyl (C=O) groups is 1. The lowest BCUT2D eigenvalue weighted by molar-refractivity contribution is 0.0711. The molecule has 1 fully saturated rings. The second-order valence-corrected chi connectivity index (χ2v) is 5.72. The molecule has 0 aliphatic carbocycles. The Morgan fingerprint density at radius 1 is 1.53 bits per heavy atom. The summed E-state index contributed by atoms with van der Waals surface area (Å²) in [5.41, 5.74) is 0. The maximum Gasteiger partial charge on any atom is 0.265 e. The van der Waals surface area contributed by atoms with Gasteiger partial charge < -0.3 is 10.2 Å². The van der Waals surface area contributed by atoms with Crippen molar-refractivity contribution in [1.29, 1.82) is 0 Å². The molecule has 2 heterocycles. The number of rotatable bonds is 2. The first kappa shape index (κ1) is 15.0. The van der Waals surface area contributed by atoms with Gasteiger partial charge in [0.1, 0.15) is 4.88 Å². The molecule has 0 aromatic carbocycles. The Labute approximate surface area is 120 Å². The van der Waals surface area contributed by atoms with E-state index in [-0.39, 0.29) is 18.3 Å². The van der Waals surface area contributed by atoms with Gasteiger partial charge in [0.05, 0.1) is 0 Å². The normalized spacial score (nSPS) is 16.7. The Kier molecular flexibility index (Phi) is 5.92. The SMILES string of the molecule is CNC1CCN(C(=O)c2sccc2Br)CC1.Cl. The summed E-state index contributed by atoms with van der Waals surface area (Å²) in [5, 5.41) is 5.21. The van der Waals surface area contributed by atoms with Crippen LogP contribution >= 0.6 is 39.7 Å². The van der Waals surface area contributed by atoms with E-state index >= 15 is 0 Å². The summed E-state index contributed by atoms with van der Waals surface area (Å²) < 4.78 is 0.915. The minimum atomic E-state index is 0. The zero-order valence-corrected chi connectivity index (χ0v) is 12.8. The predicted molar refractivity (Wildman–Crippen MR) is 77.3 cm³/mol. The van der Waals surface area contributed by atoms with Gasteiger partial charge in [-0.3, -0.25) is 4.79 Å². The first-order chi connectivity index (χ1) is 7.72. The zero-order chi connectivity index (χ0) is 11.5. The number of hydrogen-bond acceptors (Lipinski definition) is 3. The molecule has 1 aliphatic rings. The summed E-state index contributed by atoms with van der Waals surface area (Å²) in [6.45, 7) is 1.71. The standard InChI is InChI=1S/C11H15BrN2OS.ClH/c1-13-8-2-5-14(6-3-8)11(15)10-9(12)4-7-16-10;/h4,7-8,13H,2-3,5-6H2,1H3;1H. The molecule has 0 atom stereocenters. The largest absolute Gasteiger partial charge is 0.338 e. The molecule has 17 heavy (non-hydrogen) atoms.